The van der Waals surface area contributed by atoms with Crippen molar-refractivity contribution in [2.24, 2.45) is 0 Å². The standard InChI is InChI=1S/C8H7ClN4O4S2/c9-8-5(13(14)15)3-7(18-8)19(16,17)12-4-6-10-1-2-11-6/h1-3,12H,4H2,(H,10,11). The summed E-state index contributed by atoms with van der Waals surface area (Å²) in [5.74, 6) is 0.431. The number of thiophene rings is 1. The number of aromatic amines is 1. The van der Waals surface area contributed by atoms with Gasteiger partial charge >= 0.3 is 0 Å². The van der Waals surface area contributed by atoms with Crippen molar-refractivity contribution >= 4 is 38.6 Å². The molecule has 0 fully saturated rings. The molecule has 2 rings (SSSR count). The van der Waals surface area contributed by atoms with Crippen LogP contribution in [0.5, 0.6) is 0 Å². The molecule has 2 N–H and O–H groups in total. The highest BCUT2D eigenvalue weighted by molar-refractivity contribution is 7.91. The highest BCUT2D eigenvalue weighted by Crippen LogP contribution is 2.36. The van der Waals surface area contributed by atoms with E-state index in [1.54, 1.807) is 6.20 Å². The van der Waals surface area contributed by atoms with Gasteiger partial charge in [-0.2, -0.15) is 0 Å². The lowest BCUT2D eigenvalue weighted by molar-refractivity contribution is -0.384. The van der Waals surface area contributed by atoms with Gasteiger partial charge in [0, 0.05) is 18.5 Å². The lowest BCUT2D eigenvalue weighted by Gasteiger charge is -2.01. The molecule has 0 aliphatic carbocycles. The number of H-pyrrole nitrogens is 1. The number of nitrogens with one attached hydrogen (secondary N) is 2. The summed E-state index contributed by atoms with van der Waals surface area (Å²) in [6, 6.07) is 0.928. The van der Waals surface area contributed by atoms with Gasteiger partial charge in [0.2, 0.25) is 0 Å². The van der Waals surface area contributed by atoms with Crippen LogP contribution < -0.4 is 4.72 Å². The van der Waals surface area contributed by atoms with Crippen molar-refractivity contribution in [2.45, 2.75) is 10.8 Å². The minimum Gasteiger partial charge on any atom is -0.347 e. The molecule has 11 heteroatoms. The normalized spacial score (nSPS) is 11.6. The third-order valence-electron chi connectivity index (χ3n) is 2.09. The van der Waals surface area contributed by atoms with E-state index in [1.165, 1.54) is 6.20 Å². The minimum absolute atomic E-state index is 0.0430. The highest BCUT2D eigenvalue weighted by Gasteiger charge is 2.25. The first-order chi connectivity index (χ1) is 8.90. The third-order valence-corrected chi connectivity index (χ3v) is 5.30. The Kier molecular flexibility index (Phi) is 3.85. The quantitative estimate of drug-likeness (QED) is 0.639. The van der Waals surface area contributed by atoms with E-state index in [4.69, 9.17) is 11.6 Å². The fraction of sp³-hybridized carbons (Fsp3) is 0.125. The van der Waals surface area contributed by atoms with Crippen LogP contribution in [0, 0.1) is 10.1 Å². The predicted octanol–water partition coefficient (Wildman–Crippen LogP) is 1.51. The molecule has 0 amide bonds. The van der Waals surface area contributed by atoms with E-state index >= 15 is 0 Å². The average Bonchev–Trinajstić information content (AvgIpc) is 2.95. The van der Waals surface area contributed by atoms with E-state index in [0.29, 0.717) is 17.2 Å². The molecule has 0 bridgehead atoms. The van der Waals surface area contributed by atoms with Crippen LogP contribution in [0.4, 0.5) is 5.69 Å². The first-order valence-corrected chi connectivity index (χ1v) is 7.49. The molecular formula is C8H7ClN4O4S2. The number of rotatable bonds is 5. The Labute approximate surface area is 116 Å². The van der Waals surface area contributed by atoms with Crippen molar-refractivity contribution in [3.63, 3.8) is 0 Å². The molecule has 2 heterocycles. The number of imidazole rings is 1. The maximum Gasteiger partial charge on any atom is 0.300 e. The van der Waals surface area contributed by atoms with E-state index in [0.717, 1.165) is 6.07 Å². The maximum absolute atomic E-state index is 11.9. The number of hydrogen-bond donors (Lipinski definition) is 2. The number of halogens is 1. The van der Waals surface area contributed by atoms with E-state index in [9.17, 15) is 18.5 Å². The summed E-state index contributed by atoms with van der Waals surface area (Å²) >= 11 is 6.24. The smallest absolute Gasteiger partial charge is 0.300 e. The molecule has 2 aromatic heterocycles. The van der Waals surface area contributed by atoms with Gasteiger partial charge in [0.1, 0.15) is 10.0 Å². The van der Waals surface area contributed by atoms with Crippen molar-refractivity contribution in [1.29, 1.82) is 0 Å². The summed E-state index contributed by atoms with van der Waals surface area (Å²) in [4.78, 5) is 16.5. The molecule has 0 unspecified atom stereocenters. The van der Waals surface area contributed by atoms with Gasteiger partial charge in [-0.1, -0.05) is 11.6 Å². The molecule has 0 aliphatic rings. The molecule has 0 saturated carbocycles. The second kappa shape index (κ2) is 5.25. The van der Waals surface area contributed by atoms with Gasteiger partial charge in [-0.25, -0.2) is 18.1 Å². The molecule has 0 radical (unpaired) electrons. The van der Waals surface area contributed by atoms with Crippen LogP contribution in [0.2, 0.25) is 4.34 Å². The van der Waals surface area contributed by atoms with Crippen LogP contribution in [0.3, 0.4) is 0 Å². The van der Waals surface area contributed by atoms with Crippen LogP contribution in [0.25, 0.3) is 0 Å². The van der Waals surface area contributed by atoms with Gasteiger partial charge in [0.05, 0.1) is 11.5 Å². The molecule has 8 nitrogen and oxygen atoms in total. The summed E-state index contributed by atoms with van der Waals surface area (Å²) < 4.78 is 25.7. The monoisotopic (exact) mass is 322 g/mol. The van der Waals surface area contributed by atoms with E-state index < -0.39 is 20.6 Å². The Morgan fingerprint density at radius 1 is 1.58 bits per heavy atom. The zero-order chi connectivity index (χ0) is 14.0. The van der Waals surface area contributed by atoms with Gasteiger partial charge in [0.15, 0.2) is 4.34 Å². The molecule has 0 aromatic carbocycles. The average molecular weight is 323 g/mol. The van der Waals surface area contributed by atoms with Gasteiger partial charge < -0.3 is 4.98 Å². The molecule has 0 atom stereocenters. The topological polar surface area (TPSA) is 118 Å². The Morgan fingerprint density at radius 2 is 2.32 bits per heavy atom. The maximum atomic E-state index is 11.9. The number of sulfonamides is 1. The SMILES string of the molecule is O=[N+]([O-])c1cc(S(=O)(=O)NCc2ncc[nH]2)sc1Cl. The van der Waals surface area contributed by atoms with Crippen LogP contribution in [0.1, 0.15) is 5.82 Å². The molecule has 0 saturated heterocycles. The van der Waals surface area contributed by atoms with E-state index in [2.05, 4.69) is 14.7 Å². The fourth-order valence-corrected chi connectivity index (χ4v) is 3.92. The Morgan fingerprint density at radius 3 is 2.84 bits per heavy atom. The molecule has 19 heavy (non-hydrogen) atoms. The Bertz CT molecular complexity index is 694. The second-order valence-corrected chi connectivity index (χ2v) is 6.99. The lowest BCUT2D eigenvalue weighted by Crippen LogP contribution is -2.22. The molecular weight excluding hydrogens is 316 g/mol. The summed E-state index contributed by atoms with van der Waals surface area (Å²) in [6.07, 6.45) is 3.03. The van der Waals surface area contributed by atoms with Crippen LogP contribution >= 0.6 is 22.9 Å². The number of hydrogen-bond acceptors (Lipinski definition) is 6. The van der Waals surface area contributed by atoms with E-state index in [-0.39, 0.29) is 15.1 Å². The molecule has 0 aliphatic heterocycles. The fourth-order valence-electron chi connectivity index (χ4n) is 1.22. The number of nitro groups is 1. The van der Waals surface area contributed by atoms with Crippen LogP contribution in [0.15, 0.2) is 22.7 Å². The van der Waals surface area contributed by atoms with E-state index in [1.807, 2.05) is 0 Å². The van der Waals surface area contributed by atoms with Gasteiger partial charge in [-0.05, 0) is 0 Å². The molecule has 102 valence electrons. The van der Waals surface area contributed by atoms with Crippen LogP contribution in [-0.2, 0) is 16.6 Å². The van der Waals surface area contributed by atoms with Crippen molar-refractivity contribution in [3.8, 4) is 0 Å². The first kappa shape index (κ1) is 13.9. The summed E-state index contributed by atoms with van der Waals surface area (Å²) in [6.45, 7) is -0.0430. The zero-order valence-corrected chi connectivity index (χ0v) is 11.5. The number of nitrogens with zero attached hydrogens (tertiary/aromatic N) is 2. The zero-order valence-electron chi connectivity index (χ0n) is 9.16. The molecule has 0 spiro atoms. The Balaban J connectivity index is 2.20. The summed E-state index contributed by atoms with van der Waals surface area (Å²) in [5.41, 5.74) is -0.426. The van der Waals surface area contributed by atoms with Crippen LogP contribution in [-0.4, -0.2) is 23.3 Å². The van der Waals surface area contributed by atoms with Crippen molar-refractivity contribution in [2.75, 3.05) is 0 Å². The van der Waals surface area contributed by atoms with Gasteiger partial charge in [0.25, 0.3) is 15.7 Å². The lowest BCUT2D eigenvalue weighted by atomic mass is 10.6. The first-order valence-electron chi connectivity index (χ1n) is 4.82. The predicted molar refractivity (Wildman–Crippen MR) is 68.6 cm³/mol. The Hall–Kier alpha value is -1.49. The van der Waals surface area contributed by atoms with Crippen molar-refractivity contribution in [3.05, 3.63) is 38.7 Å². The summed E-state index contributed by atoms with van der Waals surface area (Å²) in [7, 11) is -3.85. The minimum atomic E-state index is -3.85. The number of aromatic nitrogens is 2. The van der Waals surface area contributed by atoms with Gasteiger partial charge in [-0.15, -0.1) is 11.3 Å². The summed E-state index contributed by atoms with van der Waals surface area (Å²) in [5, 5.41) is 10.6. The second-order valence-electron chi connectivity index (χ2n) is 3.34. The largest absolute Gasteiger partial charge is 0.347 e. The van der Waals surface area contributed by atoms with Gasteiger partial charge in [-0.3, -0.25) is 10.1 Å². The van der Waals surface area contributed by atoms with Crippen molar-refractivity contribution in [1.82, 2.24) is 14.7 Å². The third kappa shape index (κ3) is 3.10. The van der Waals surface area contributed by atoms with Crippen molar-refractivity contribution < 1.29 is 13.3 Å². The highest BCUT2D eigenvalue weighted by atomic mass is 35.5. The molecule has 2 aromatic rings.